The summed E-state index contributed by atoms with van der Waals surface area (Å²) in [5.41, 5.74) is 18.5. The molecule has 1 heteroatoms. The molecule has 1 spiro atoms. The van der Waals surface area contributed by atoms with Crippen molar-refractivity contribution in [3.8, 4) is 22.3 Å². The maximum Gasteiger partial charge on any atom is 0.0540 e. The average molecular weight is 818 g/mol. The van der Waals surface area contributed by atoms with Gasteiger partial charge in [0.2, 0.25) is 0 Å². The number of hydrogen-bond acceptors (Lipinski definition) is 1. The van der Waals surface area contributed by atoms with Gasteiger partial charge in [-0.25, -0.2) is 0 Å². The first-order chi connectivity index (χ1) is 31.8. The third-order valence-corrected chi connectivity index (χ3v) is 15.0. The van der Waals surface area contributed by atoms with Crippen LogP contribution in [-0.4, -0.2) is 0 Å². The highest BCUT2D eigenvalue weighted by atomic mass is 15.1. The molecular weight excluding hydrogens is 771 g/mol. The molecule has 0 N–H and O–H groups in total. The van der Waals surface area contributed by atoms with Crippen molar-refractivity contribution in [3.63, 3.8) is 0 Å². The number of anilines is 3. The van der Waals surface area contributed by atoms with Gasteiger partial charge >= 0.3 is 0 Å². The van der Waals surface area contributed by atoms with Crippen LogP contribution >= 0.6 is 0 Å². The molecule has 0 saturated heterocycles. The van der Waals surface area contributed by atoms with Gasteiger partial charge in [-0.1, -0.05) is 206 Å². The molecule has 0 heterocycles. The number of hydrogen-bond donors (Lipinski definition) is 0. The van der Waals surface area contributed by atoms with E-state index in [0.717, 1.165) is 24.9 Å². The minimum Gasteiger partial charge on any atom is -0.310 e. The van der Waals surface area contributed by atoms with Gasteiger partial charge in [-0.3, -0.25) is 0 Å². The molecule has 0 saturated carbocycles. The lowest BCUT2D eigenvalue weighted by molar-refractivity contribution is 0.444. The van der Waals surface area contributed by atoms with Gasteiger partial charge in [-0.15, -0.1) is 0 Å². The molecule has 0 aromatic heterocycles. The largest absolute Gasteiger partial charge is 0.310 e. The Morgan fingerprint density at radius 2 is 1.20 bits per heavy atom. The van der Waals surface area contributed by atoms with E-state index in [1.807, 2.05) is 0 Å². The maximum absolute atomic E-state index is 2.59. The topological polar surface area (TPSA) is 3.24 Å². The third kappa shape index (κ3) is 5.43. The summed E-state index contributed by atoms with van der Waals surface area (Å²) in [4.78, 5) is 2.59. The molecule has 0 amide bonds. The average Bonchev–Trinajstić information content (AvgIpc) is 3.85. The van der Waals surface area contributed by atoms with Crippen LogP contribution in [0.2, 0.25) is 0 Å². The molecule has 0 fully saturated rings. The highest BCUT2D eigenvalue weighted by molar-refractivity contribution is 6.07. The zero-order valence-corrected chi connectivity index (χ0v) is 35.7. The third-order valence-electron chi connectivity index (χ3n) is 15.0. The summed E-state index contributed by atoms with van der Waals surface area (Å²) in [6.45, 7) is 0. The fourth-order valence-corrected chi connectivity index (χ4v) is 12.4. The number of fused-ring (bicyclic) bond motifs is 11. The fourth-order valence-electron chi connectivity index (χ4n) is 12.4. The highest BCUT2D eigenvalue weighted by Gasteiger charge is 2.58. The molecule has 8 aromatic carbocycles. The van der Waals surface area contributed by atoms with Crippen LogP contribution in [0.15, 0.2) is 236 Å². The second kappa shape index (κ2) is 14.8. The standard InChI is InChI=1S/C63H47N/c1-3-18-42(19-4-1)47-40-41-59(53-27-10-9-24-50(47)53)64(46-37-34-44(35-38-46)49-39-36-43-20-7-8-23-48(43)61(49)45-21-5-2-6-22-45)60-33-17-32-58-62(60)54-28-13-16-31-57(54)63(58)55-29-14-11-25-51(55)52-26-12-15-30-56(52)63/h1-14,16-21,23-29,31-41,45,54,57H,15,22,30H2. The molecule has 5 aliphatic carbocycles. The smallest absolute Gasteiger partial charge is 0.0540 e. The second-order valence-corrected chi connectivity index (χ2v) is 18.1. The Kier molecular flexibility index (Phi) is 8.59. The molecule has 0 aliphatic heterocycles. The molecular formula is C63H47N. The van der Waals surface area contributed by atoms with Crippen molar-refractivity contribution in [3.05, 3.63) is 264 Å². The van der Waals surface area contributed by atoms with Gasteiger partial charge in [-0.05, 0) is 121 Å². The van der Waals surface area contributed by atoms with Crippen LogP contribution < -0.4 is 4.90 Å². The summed E-state index contributed by atoms with van der Waals surface area (Å²) in [5, 5.41) is 5.10. The van der Waals surface area contributed by atoms with Gasteiger partial charge in [0, 0.05) is 28.8 Å². The van der Waals surface area contributed by atoms with Crippen molar-refractivity contribution in [2.75, 3.05) is 4.90 Å². The first-order valence-electron chi connectivity index (χ1n) is 23.1. The Hall–Kier alpha value is -7.48. The summed E-state index contributed by atoms with van der Waals surface area (Å²) in [7, 11) is 0. The molecule has 64 heavy (non-hydrogen) atoms. The van der Waals surface area contributed by atoms with Crippen molar-refractivity contribution in [1.29, 1.82) is 0 Å². The summed E-state index contributed by atoms with van der Waals surface area (Å²) < 4.78 is 0. The van der Waals surface area contributed by atoms with E-state index in [9.17, 15) is 0 Å². The molecule has 0 bridgehead atoms. The number of benzene rings is 8. The Labute approximate surface area is 376 Å². The van der Waals surface area contributed by atoms with Crippen molar-refractivity contribution >= 4 is 44.2 Å². The van der Waals surface area contributed by atoms with E-state index in [2.05, 4.69) is 236 Å². The maximum atomic E-state index is 2.59. The number of rotatable bonds is 6. The van der Waals surface area contributed by atoms with E-state index in [1.165, 1.54) is 88.6 Å². The van der Waals surface area contributed by atoms with Crippen LogP contribution in [-0.2, 0) is 5.41 Å². The van der Waals surface area contributed by atoms with Crippen LogP contribution in [0, 0.1) is 5.92 Å². The summed E-state index contributed by atoms with van der Waals surface area (Å²) in [6.07, 6.45) is 26.7. The van der Waals surface area contributed by atoms with Crippen molar-refractivity contribution in [1.82, 2.24) is 0 Å². The summed E-state index contributed by atoms with van der Waals surface area (Å²) in [5.74, 6) is 0.791. The van der Waals surface area contributed by atoms with Crippen LogP contribution in [0.3, 0.4) is 0 Å². The molecule has 13 rings (SSSR count). The van der Waals surface area contributed by atoms with E-state index in [-0.39, 0.29) is 17.3 Å². The van der Waals surface area contributed by atoms with Crippen LogP contribution in [0.4, 0.5) is 17.1 Å². The van der Waals surface area contributed by atoms with Crippen LogP contribution in [0.1, 0.15) is 58.9 Å². The van der Waals surface area contributed by atoms with Gasteiger partial charge < -0.3 is 4.90 Å². The SMILES string of the molecule is C1=CCC(c2c(-c3ccc(N(c4cccc5c4C4C=CC=CC4C54C5=C(C=CCC5)c5ccccc54)c4ccc(-c5ccccc5)c5ccccc45)cc3)ccc3ccccc23)C=C1. The first kappa shape index (κ1) is 37.1. The molecule has 1 nitrogen and oxygen atoms in total. The lowest BCUT2D eigenvalue weighted by Gasteiger charge is -2.38. The van der Waals surface area contributed by atoms with Crippen molar-refractivity contribution < 1.29 is 0 Å². The molecule has 4 atom stereocenters. The molecule has 0 radical (unpaired) electrons. The quantitative estimate of drug-likeness (QED) is 0.162. The van der Waals surface area contributed by atoms with Gasteiger partial charge in [0.15, 0.2) is 0 Å². The minimum absolute atomic E-state index is 0.205. The van der Waals surface area contributed by atoms with E-state index in [1.54, 1.807) is 5.57 Å². The van der Waals surface area contributed by atoms with E-state index in [0.29, 0.717) is 5.92 Å². The Bertz CT molecular complexity index is 3370. The second-order valence-electron chi connectivity index (χ2n) is 18.1. The van der Waals surface area contributed by atoms with Gasteiger partial charge in [-0.2, -0.15) is 0 Å². The molecule has 8 aromatic rings. The van der Waals surface area contributed by atoms with Crippen molar-refractivity contribution in [2.45, 2.75) is 36.5 Å². The Morgan fingerprint density at radius 3 is 2.08 bits per heavy atom. The summed E-state index contributed by atoms with van der Waals surface area (Å²) in [6, 6.07) is 64.1. The number of allylic oxidation sites excluding steroid dienone is 12. The zero-order valence-electron chi connectivity index (χ0n) is 35.7. The Balaban J connectivity index is 1.05. The fraction of sp³-hybridized carbons (Fsp3) is 0.111. The summed E-state index contributed by atoms with van der Waals surface area (Å²) >= 11 is 0. The minimum atomic E-state index is -0.238. The van der Waals surface area contributed by atoms with Gasteiger partial charge in [0.1, 0.15) is 0 Å². The van der Waals surface area contributed by atoms with Crippen LogP contribution in [0.5, 0.6) is 0 Å². The highest BCUT2D eigenvalue weighted by Crippen LogP contribution is 2.67. The van der Waals surface area contributed by atoms with E-state index in [4.69, 9.17) is 0 Å². The van der Waals surface area contributed by atoms with Gasteiger partial charge in [0.05, 0.1) is 16.8 Å². The molecule has 304 valence electrons. The first-order valence-corrected chi connectivity index (χ1v) is 23.1. The van der Waals surface area contributed by atoms with E-state index >= 15 is 0 Å². The molecule has 4 unspecified atom stereocenters. The van der Waals surface area contributed by atoms with Crippen LogP contribution in [0.25, 0.3) is 49.4 Å². The Morgan fingerprint density at radius 1 is 0.469 bits per heavy atom. The lowest BCUT2D eigenvalue weighted by atomic mass is 9.63. The monoisotopic (exact) mass is 817 g/mol. The lowest BCUT2D eigenvalue weighted by Crippen LogP contribution is -2.34. The predicted octanol–water partition coefficient (Wildman–Crippen LogP) is 16.6. The normalized spacial score (nSPS) is 21.1. The van der Waals surface area contributed by atoms with Crippen molar-refractivity contribution in [2.24, 2.45) is 5.92 Å². The zero-order chi connectivity index (χ0) is 42.2. The predicted molar refractivity (Wildman–Crippen MR) is 270 cm³/mol. The van der Waals surface area contributed by atoms with E-state index < -0.39 is 0 Å². The van der Waals surface area contributed by atoms with Gasteiger partial charge in [0.25, 0.3) is 0 Å². The molecule has 5 aliphatic rings. The number of nitrogens with zero attached hydrogens (tertiary/aromatic N) is 1.